The molecular formula is C13H18O2. The quantitative estimate of drug-likeness (QED) is 0.757. The maximum absolute atomic E-state index is 12.1. The van der Waals surface area contributed by atoms with Crippen molar-refractivity contribution in [1.82, 2.24) is 0 Å². The molecule has 2 heteroatoms. The Kier molecular flexibility index (Phi) is 3.64. The SMILES string of the molecule is COC(C)(C(=O)C(C)C)c1ccccc1. The normalized spacial score (nSPS) is 15.0. The van der Waals surface area contributed by atoms with Gasteiger partial charge in [0.1, 0.15) is 5.60 Å². The summed E-state index contributed by atoms with van der Waals surface area (Å²) in [5.41, 5.74) is 0.0845. The number of ether oxygens (including phenoxy) is 1. The Morgan fingerprint density at radius 1 is 1.27 bits per heavy atom. The summed E-state index contributed by atoms with van der Waals surface area (Å²) < 4.78 is 5.40. The van der Waals surface area contributed by atoms with Crippen molar-refractivity contribution >= 4 is 5.78 Å². The van der Waals surface area contributed by atoms with E-state index in [9.17, 15) is 4.79 Å². The van der Waals surface area contributed by atoms with Gasteiger partial charge in [0.2, 0.25) is 0 Å². The Morgan fingerprint density at radius 2 is 1.80 bits per heavy atom. The second-order valence-corrected chi connectivity index (χ2v) is 4.12. The van der Waals surface area contributed by atoms with Gasteiger partial charge in [-0.15, -0.1) is 0 Å². The number of carbonyl (C=O) groups is 1. The van der Waals surface area contributed by atoms with Crippen LogP contribution in [-0.2, 0) is 15.1 Å². The molecule has 0 heterocycles. The van der Waals surface area contributed by atoms with Crippen molar-refractivity contribution in [3.63, 3.8) is 0 Å². The lowest BCUT2D eigenvalue weighted by Gasteiger charge is -2.28. The third-order valence-electron chi connectivity index (χ3n) is 2.73. The van der Waals surface area contributed by atoms with Crippen molar-refractivity contribution in [2.45, 2.75) is 26.4 Å². The maximum Gasteiger partial charge on any atom is 0.171 e. The van der Waals surface area contributed by atoms with E-state index in [4.69, 9.17) is 4.74 Å². The van der Waals surface area contributed by atoms with Gasteiger partial charge in [-0.1, -0.05) is 44.2 Å². The number of carbonyl (C=O) groups excluding carboxylic acids is 1. The molecule has 2 nitrogen and oxygen atoms in total. The first-order valence-corrected chi connectivity index (χ1v) is 5.17. The first-order valence-electron chi connectivity index (χ1n) is 5.17. The van der Waals surface area contributed by atoms with E-state index >= 15 is 0 Å². The molecule has 0 amide bonds. The third-order valence-corrected chi connectivity index (χ3v) is 2.73. The highest BCUT2D eigenvalue weighted by Crippen LogP contribution is 2.28. The smallest absolute Gasteiger partial charge is 0.171 e. The number of rotatable bonds is 4. The van der Waals surface area contributed by atoms with Gasteiger partial charge in [0, 0.05) is 13.0 Å². The average molecular weight is 206 g/mol. The number of benzene rings is 1. The molecule has 0 saturated heterocycles. The van der Waals surface area contributed by atoms with E-state index in [-0.39, 0.29) is 11.7 Å². The minimum Gasteiger partial charge on any atom is -0.366 e. The number of methoxy groups -OCH3 is 1. The molecule has 0 radical (unpaired) electrons. The number of ketones is 1. The average Bonchev–Trinajstić information content (AvgIpc) is 2.28. The first kappa shape index (κ1) is 11.9. The van der Waals surface area contributed by atoms with E-state index in [2.05, 4.69) is 0 Å². The molecule has 0 bridgehead atoms. The van der Waals surface area contributed by atoms with Crippen LogP contribution in [0.3, 0.4) is 0 Å². The zero-order chi connectivity index (χ0) is 11.5. The lowest BCUT2D eigenvalue weighted by molar-refractivity contribution is -0.143. The highest BCUT2D eigenvalue weighted by Gasteiger charge is 2.36. The van der Waals surface area contributed by atoms with E-state index in [1.807, 2.05) is 51.1 Å². The zero-order valence-electron chi connectivity index (χ0n) is 9.78. The molecule has 0 N–H and O–H groups in total. The summed E-state index contributed by atoms with van der Waals surface area (Å²) in [5.74, 6) is 0.0753. The second-order valence-electron chi connectivity index (χ2n) is 4.12. The van der Waals surface area contributed by atoms with Crippen LogP contribution < -0.4 is 0 Å². The molecule has 82 valence electrons. The van der Waals surface area contributed by atoms with Gasteiger partial charge in [-0.25, -0.2) is 0 Å². The predicted octanol–water partition coefficient (Wildman–Crippen LogP) is 2.77. The Labute approximate surface area is 91.3 Å². The van der Waals surface area contributed by atoms with Crippen LogP contribution in [-0.4, -0.2) is 12.9 Å². The van der Waals surface area contributed by atoms with Crippen LogP contribution in [0.2, 0.25) is 0 Å². The molecule has 0 aromatic heterocycles. The molecule has 0 fully saturated rings. The Balaban J connectivity index is 3.11. The van der Waals surface area contributed by atoms with Crippen LogP contribution in [0.25, 0.3) is 0 Å². The fraction of sp³-hybridized carbons (Fsp3) is 0.462. The van der Waals surface area contributed by atoms with Crippen LogP contribution >= 0.6 is 0 Å². The molecule has 0 spiro atoms. The molecule has 0 saturated carbocycles. The van der Waals surface area contributed by atoms with E-state index in [0.29, 0.717) is 0 Å². The minimum atomic E-state index is -0.824. The molecule has 0 aliphatic rings. The van der Waals surface area contributed by atoms with Crippen LogP contribution in [0, 0.1) is 5.92 Å². The molecule has 1 atom stereocenters. The number of hydrogen-bond donors (Lipinski definition) is 0. The molecule has 1 aromatic carbocycles. The first-order chi connectivity index (χ1) is 7.02. The van der Waals surface area contributed by atoms with E-state index < -0.39 is 5.60 Å². The van der Waals surface area contributed by atoms with Crippen LogP contribution in [0.1, 0.15) is 26.3 Å². The van der Waals surface area contributed by atoms with E-state index in [0.717, 1.165) is 5.56 Å². The molecule has 1 aromatic rings. The van der Waals surface area contributed by atoms with Crippen molar-refractivity contribution in [3.8, 4) is 0 Å². The molecule has 1 unspecified atom stereocenters. The lowest BCUT2D eigenvalue weighted by atomic mass is 9.86. The minimum absolute atomic E-state index is 0.0323. The van der Waals surface area contributed by atoms with Crippen molar-refractivity contribution in [2.75, 3.05) is 7.11 Å². The van der Waals surface area contributed by atoms with Gasteiger partial charge in [-0.2, -0.15) is 0 Å². The van der Waals surface area contributed by atoms with Crippen molar-refractivity contribution < 1.29 is 9.53 Å². The van der Waals surface area contributed by atoms with Crippen LogP contribution in [0.4, 0.5) is 0 Å². The summed E-state index contributed by atoms with van der Waals surface area (Å²) in [6.45, 7) is 5.61. The number of Topliss-reactive ketones (excluding diaryl/α,β-unsaturated/α-hetero) is 1. The summed E-state index contributed by atoms with van der Waals surface area (Å²) in [6, 6.07) is 9.60. The fourth-order valence-corrected chi connectivity index (χ4v) is 1.67. The van der Waals surface area contributed by atoms with Gasteiger partial charge in [-0.05, 0) is 12.5 Å². The zero-order valence-corrected chi connectivity index (χ0v) is 9.78. The summed E-state index contributed by atoms with van der Waals surface area (Å²) >= 11 is 0. The predicted molar refractivity (Wildman–Crippen MR) is 60.6 cm³/mol. The Bertz CT molecular complexity index is 330. The standard InChI is InChI=1S/C13H18O2/c1-10(2)12(14)13(3,15-4)11-8-6-5-7-9-11/h5-10H,1-4H3. The highest BCUT2D eigenvalue weighted by molar-refractivity contribution is 5.89. The van der Waals surface area contributed by atoms with Gasteiger partial charge < -0.3 is 4.74 Å². The van der Waals surface area contributed by atoms with Crippen molar-refractivity contribution in [1.29, 1.82) is 0 Å². The van der Waals surface area contributed by atoms with Gasteiger partial charge in [0.15, 0.2) is 5.78 Å². The summed E-state index contributed by atoms with van der Waals surface area (Å²) in [7, 11) is 1.58. The Morgan fingerprint density at radius 3 is 2.20 bits per heavy atom. The largest absolute Gasteiger partial charge is 0.366 e. The van der Waals surface area contributed by atoms with Crippen molar-refractivity contribution in [3.05, 3.63) is 35.9 Å². The Hall–Kier alpha value is -1.15. The maximum atomic E-state index is 12.1. The molecule has 0 aliphatic heterocycles. The van der Waals surface area contributed by atoms with Crippen LogP contribution in [0.5, 0.6) is 0 Å². The summed E-state index contributed by atoms with van der Waals surface area (Å²) in [4.78, 5) is 12.1. The molecular weight excluding hydrogens is 188 g/mol. The van der Waals surface area contributed by atoms with Gasteiger partial charge in [0.25, 0.3) is 0 Å². The van der Waals surface area contributed by atoms with Crippen LogP contribution in [0.15, 0.2) is 30.3 Å². The summed E-state index contributed by atoms with van der Waals surface area (Å²) in [6.07, 6.45) is 0. The third kappa shape index (κ3) is 2.26. The van der Waals surface area contributed by atoms with Gasteiger partial charge in [0.05, 0.1) is 0 Å². The summed E-state index contributed by atoms with van der Waals surface area (Å²) in [5, 5.41) is 0. The molecule has 0 aliphatic carbocycles. The number of hydrogen-bond acceptors (Lipinski definition) is 2. The van der Waals surface area contributed by atoms with Gasteiger partial charge in [-0.3, -0.25) is 4.79 Å². The van der Waals surface area contributed by atoms with Gasteiger partial charge >= 0.3 is 0 Å². The monoisotopic (exact) mass is 206 g/mol. The fourth-order valence-electron chi connectivity index (χ4n) is 1.67. The lowest BCUT2D eigenvalue weighted by Crippen LogP contribution is -2.37. The van der Waals surface area contributed by atoms with E-state index in [1.165, 1.54) is 0 Å². The molecule has 15 heavy (non-hydrogen) atoms. The highest BCUT2D eigenvalue weighted by atomic mass is 16.5. The topological polar surface area (TPSA) is 26.3 Å². The molecule has 1 rings (SSSR count). The van der Waals surface area contributed by atoms with E-state index in [1.54, 1.807) is 7.11 Å². The van der Waals surface area contributed by atoms with Crippen molar-refractivity contribution in [2.24, 2.45) is 5.92 Å². The second kappa shape index (κ2) is 4.58.